The van der Waals surface area contributed by atoms with Crippen LogP contribution in [0, 0.1) is 5.41 Å². The molecule has 4 rings (SSSR count). The van der Waals surface area contributed by atoms with Gasteiger partial charge in [0.25, 0.3) is 0 Å². The molecule has 6 nitrogen and oxygen atoms in total. The van der Waals surface area contributed by atoms with Crippen LogP contribution in [-0.2, 0) is 32.0 Å². The summed E-state index contributed by atoms with van der Waals surface area (Å²) < 4.78 is 5.44. The van der Waals surface area contributed by atoms with E-state index in [0.717, 1.165) is 22.6 Å². The Balaban J connectivity index is 1.51. The third kappa shape index (κ3) is 6.45. The number of hydrogen-bond acceptors (Lipinski definition) is 6. The zero-order valence-corrected chi connectivity index (χ0v) is 22.7. The molecule has 0 aliphatic carbocycles. The Labute approximate surface area is 221 Å². The number of fused-ring (bicyclic) bond motifs is 3. The highest BCUT2D eigenvalue weighted by atomic mass is 32.2. The lowest BCUT2D eigenvalue weighted by atomic mass is 9.98. The Morgan fingerprint density at radius 1 is 1.14 bits per heavy atom. The normalized spacial score (nSPS) is 20.5. The number of benzene rings is 2. The van der Waals surface area contributed by atoms with E-state index in [9.17, 15) is 14.4 Å². The number of hydrogen-bond donors (Lipinski definition) is 1. The Morgan fingerprint density at radius 3 is 2.61 bits per heavy atom. The summed E-state index contributed by atoms with van der Waals surface area (Å²) in [5, 5.41) is 2.57. The Hall–Kier alpha value is -2.45. The largest absolute Gasteiger partial charge is 0.454 e. The molecule has 36 heavy (non-hydrogen) atoms. The van der Waals surface area contributed by atoms with E-state index in [1.807, 2.05) is 59.1 Å². The Morgan fingerprint density at radius 2 is 1.86 bits per heavy atom. The van der Waals surface area contributed by atoms with Crippen LogP contribution in [0.3, 0.4) is 0 Å². The molecule has 2 unspecified atom stereocenters. The van der Waals surface area contributed by atoms with Crippen molar-refractivity contribution in [2.24, 2.45) is 5.41 Å². The first kappa shape index (κ1) is 26.6. The third-order valence-corrected chi connectivity index (χ3v) is 8.55. The number of carbonyl (C=O) groups is 3. The van der Waals surface area contributed by atoms with Crippen molar-refractivity contribution in [3.8, 4) is 0 Å². The second kappa shape index (κ2) is 11.7. The first-order valence-electron chi connectivity index (χ1n) is 12.3. The highest BCUT2D eigenvalue weighted by Gasteiger charge is 2.38. The molecule has 0 radical (unpaired) electrons. The van der Waals surface area contributed by atoms with Gasteiger partial charge in [0.05, 0.1) is 16.7 Å². The van der Waals surface area contributed by atoms with Crippen LogP contribution in [0.2, 0.25) is 0 Å². The number of nitrogens with zero attached hydrogens (tertiary/aromatic N) is 1. The van der Waals surface area contributed by atoms with Gasteiger partial charge in [-0.1, -0.05) is 54.6 Å². The highest BCUT2D eigenvalue weighted by Crippen LogP contribution is 2.35. The number of nitrogens with one attached hydrogen (secondary N) is 1. The number of amides is 2. The van der Waals surface area contributed by atoms with Crippen molar-refractivity contribution >= 4 is 41.3 Å². The minimum atomic E-state index is -0.622. The van der Waals surface area contributed by atoms with E-state index in [2.05, 4.69) is 17.4 Å². The molecule has 2 amide bonds. The summed E-state index contributed by atoms with van der Waals surface area (Å²) in [6.45, 7) is 6.09. The van der Waals surface area contributed by atoms with Crippen LogP contribution in [0.15, 0.2) is 54.6 Å². The summed E-state index contributed by atoms with van der Waals surface area (Å²) >= 11 is 3.15. The van der Waals surface area contributed by atoms with Gasteiger partial charge >= 0.3 is 5.97 Å². The predicted octanol–water partition coefficient (Wildman–Crippen LogP) is 4.24. The molecular formula is C28H34N2O4S2. The molecule has 0 aromatic heterocycles. The molecule has 192 valence electrons. The Kier molecular flexibility index (Phi) is 8.67. The van der Waals surface area contributed by atoms with E-state index in [4.69, 9.17) is 4.74 Å². The topological polar surface area (TPSA) is 75.7 Å². The molecule has 2 heterocycles. The van der Waals surface area contributed by atoms with E-state index in [-0.39, 0.29) is 29.8 Å². The number of ether oxygens (including phenoxy) is 1. The summed E-state index contributed by atoms with van der Waals surface area (Å²) in [6.07, 6.45) is 0.949. The molecule has 2 aliphatic rings. The monoisotopic (exact) mass is 526 g/mol. The molecule has 8 heteroatoms. The van der Waals surface area contributed by atoms with Gasteiger partial charge in [-0.25, -0.2) is 0 Å². The maximum absolute atomic E-state index is 13.6. The summed E-state index contributed by atoms with van der Waals surface area (Å²) in [4.78, 5) is 41.4. The van der Waals surface area contributed by atoms with Crippen LogP contribution in [0.5, 0.6) is 0 Å². The van der Waals surface area contributed by atoms with Crippen LogP contribution in [0.25, 0.3) is 0 Å². The second-order valence-corrected chi connectivity index (χ2v) is 12.5. The van der Waals surface area contributed by atoms with E-state index in [1.165, 1.54) is 17.3 Å². The molecule has 2 aliphatic heterocycles. The van der Waals surface area contributed by atoms with Crippen molar-refractivity contribution < 1.29 is 19.1 Å². The first-order valence-corrected chi connectivity index (χ1v) is 14.5. The maximum Gasteiger partial charge on any atom is 0.312 e. The predicted molar refractivity (Wildman–Crippen MR) is 146 cm³/mol. The zero-order chi connectivity index (χ0) is 25.7. The second-order valence-electron chi connectivity index (χ2n) is 10.2. The lowest BCUT2D eigenvalue weighted by molar-refractivity contribution is -0.150. The highest BCUT2D eigenvalue weighted by molar-refractivity contribution is 8.00. The van der Waals surface area contributed by atoms with Gasteiger partial charge in [-0.2, -0.15) is 11.8 Å². The van der Waals surface area contributed by atoms with Crippen molar-refractivity contribution in [1.82, 2.24) is 10.2 Å². The maximum atomic E-state index is 13.6. The summed E-state index contributed by atoms with van der Waals surface area (Å²) in [6, 6.07) is 17.4. The van der Waals surface area contributed by atoms with Crippen LogP contribution in [0.4, 0.5) is 0 Å². The summed E-state index contributed by atoms with van der Waals surface area (Å²) in [5.41, 5.74) is 2.69. The van der Waals surface area contributed by atoms with Crippen LogP contribution >= 0.6 is 23.5 Å². The van der Waals surface area contributed by atoms with Gasteiger partial charge in [-0.3, -0.25) is 14.4 Å². The molecule has 1 saturated heterocycles. The molecule has 1 fully saturated rings. The van der Waals surface area contributed by atoms with Crippen molar-refractivity contribution in [3.63, 3.8) is 0 Å². The van der Waals surface area contributed by atoms with Gasteiger partial charge in [-0.05, 0) is 43.9 Å². The van der Waals surface area contributed by atoms with Gasteiger partial charge in [0, 0.05) is 24.5 Å². The summed E-state index contributed by atoms with van der Waals surface area (Å²) in [5.74, 6) is 1.31. The van der Waals surface area contributed by atoms with Gasteiger partial charge in [0.1, 0.15) is 12.0 Å². The number of thioether (sulfide) groups is 2. The number of rotatable bonds is 7. The molecule has 2 aromatic carbocycles. The third-order valence-electron chi connectivity index (χ3n) is 6.49. The SMILES string of the molecule is CC(C)(C)C(=O)OCS[C@@H](Cc1ccccc1)C(=O)NC1Cc2ccccc2C2CSCCN2C1=O. The van der Waals surface area contributed by atoms with E-state index < -0.39 is 16.7 Å². The number of esters is 1. The fourth-order valence-electron chi connectivity index (χ4n) is 4.50. The lowest BCUT2D eigenvalue weighted by Crippen LogP contribution is -2.52. The molecule has 0 bridgehead atoms. The number of carbonyl (C=O) groups excluding carboxylic acids is 3. The van der Waals surface area contributed by atoms with Crippen molar-refractivity contribution in [3.05, 3.63) is 71.3 Å². The minimum absolute atomic E-state index is 0.0209. The molecule has 0 saturated carbocycles. The standard InChI is InChI=1S/C28H34N2O4S2/c1-28(2,3)27(33)34-18-36-24(15-19-9-5-4-6-10-19)25(31)29-22-16-20-11-7-8-12-21(20)23-17-35-14-13-30(23)26(22)32/h4-12,22-24H,13-18H2,1-3H3,(H,29,31)/t22?,23?,24-/m0/s1. The van der Waals surface area contributed by atoms with Gasteiger partial charge < -0.3 is 15.0 Å². The van der Waals surface area contributed by atoms with Crippen molar-refractivity contribution in [2.75, 3.05) is 24.0 Å². The average Bonchev–Trinajstić information content (AvgIpc) is 2.98. The fraction of sp³-hybridized carbons (Fsp3) is 0.464. The van der Waals surface area contributed by atoms with Gasteiger partial charge in [-0.15, -0.1) is 11.8 Å². The quantitative estimate of drug-likeness (QED) is 0.430. The van der Waals surface area contributed by atoms with Crippen LogP contribution in [-0.4, -0.2) is 58.0 Å². The minimum Gasteiger partial charge on any atom is -0.454 e. The van der Waals surface area contributed by atoms with E-state index >= 15 is 0 Å². The molecule has 1 N–H and O–H groups in total. The first-order chi connectivity index (χ1) is 17.2. The Bertz CT molecular complexity index is 1090. The molecule has 3 atom stereocenters. The van der Waals surface area contributed by atoms with Crippen LogP contribution < -0.4 is 5.32 Å². The van der Waals surface area contributed by atoms with Crippen molar-refractivity contribution in [2.45, 2.75) is 50.9 Å². The average molecular weight is 527 g/mol. The molecule has 2 aromatic rings. The van der Waals surface area contributed by atoms with Crippen molar-refractivity contribution in [1.29, 1.82) is 0 Å². The lowest BCUT2D eigenvalue weighted by Gasteiger charge is -2.36. The van der Waals surface area contributed by atoms with E-state index in [0.29, 0.717) is 19.4 Å². The smallest absolute Gasteiger partial charge is 0.312 e. The zero-order valence-electron chi connectivity index (χ0n) is 21.1. The molecular weight excluding hydrogens is 492 g/mol. The van der Waals surface area contributed by atoms with Gasteiger partial charge in [0.15, 0.2) is 0 Å². The fourth-order valence-corrected chi connectivity index (χ4v) is 6.44. The van der Waals surface area contributed by atoms with Crippen LogP contribution in [0.1, 0.15) is 43.5 Å². The van der Waals surface area contributed by atoms with E-state index in [1.54, 1.807) is 20.8 Å². The van der Waals surface area contributed by atoms with Gasteiger partial charge in [0.2, 0.25) is 11.8 Å². The summed E-state index contributed by atoms with van der Waals surface area (Å²) in [7, 11) is 0. The molecule has 0 spiro atoms.